The Bertz CT molecular complexity index is 758. The first-order valence-electron chi connectivity index (χ1n) is 8.59. The number of carbonyl (C=O) groups excluding carboxylic acids is 1. The largest absolute Gasteiger partial charge is 0.355 e. The van der Waals surface area contributed by atoms with Crippen LogP contribution in [-0.2, 0) is 4.79 Å². The number of amides is 1. The molecular formula is C21H21N3OS. The summed E-state index contributed by atoms with van der Waals surface area (Å²) in [7, 11) is 0. The fraction of sp³-hybridized carbons (Fsp3) is 0.190. The van der Waals surface area contributed by atoms with Gasteiger partial charge in [0.2, 0.25) is 5.91 Å². The first-order valence-corrected chi connectivity index (χ1v) is 9.58. The Hall–Kier alpha value is -2.66. The number of nitrogens with zero attached hydrogens (tertiary/aromatic N) is 2. The first-order chi connectivity index (χ1) is 12.8. The number of rotatable bonds is 8. The Morgan fingerprint density at radius 1 is 0.885 bits per heavy atom. The molecule has 1 aromatic heterocycles. The summed E-state index contributed by atoms with van der Waals surface area (Å²) in [5.74, 6) is 0.593. The van der Waals surface area contributed by atoms with Crippen LogP contribution in [0.15, 0.2) is 84.3 Å². The number of hydrogen-bond acceptors (Lipinski definition) is 4. The van der Waals surface area contributed by atoms with Crippen LogP contribution >= 0.6 is 11.8 Å². The van der Waals surface area contributed by atoms with E-state index in [1.54, 1.807) is 18.5 Å². The third-order valence-corrected chi connectivity index (χ3v) is 4.91. The molecule has 2 aromatic carbocycles. The topological polar surface area (TPSA) is 54.9 Å². The van der Waals surface area contributed by atoms with Crippen LogP contribution in [0.4, 0.5) is 0 Å². The minimum Gasteiger partial charge on any atom is -0.355 e. The molecule has 0 atom stereocenters. The lowest BCUT2D eigenvalue weighted by atomic mass is 9.88. The average Bonchev–Trinajstić information content (AvgIpc) is 2.72. The summed E-state index contributed by atoms with van der Waals surface area (Å²) < 4.78 is 0. The maximum Gasteiger partial charge on any atom is 0.230 e. The van der Waals surface area contributed by atoms with Gasteiger partial charge in [-0.1, -0.05) is 72.4 Å². The molecule has 0 saturated carbocycles. The highest BCUT2D eigenvalue weighted by Gasteiger charge is 2.14. The highest BCUT2D eigenvalue weighted by molar-refractivity contribution is 7.99. The maximum absolute atomic E-state index is 12.1. The highest BCUT2D eigenvalue weighted by atomic mass is 32.2. The molecule has 1 amide bonds. The van der Waals surface area contributed by atoms with E-state index in [0.29, 0.717) is 17.5 Å². The SMILES string of the molecule is O=C(CSc1ncccn1)NCCC(c1ccccc1)c1ccccc1. The molecule has 5 heteroatoms. The Morgan fingerprint density at radius 3 is 2.04 bits per heavy atom. The van der Waals surface area contributed by atoms with Crippen molar-refractivity contribution >= 4 is 17.7 Å². The van der Waals surface area contributed by atoms with Gasteiger partial charge in [0.15, 0.2) is 5.16 Å². The number of hydrogen-bond donors (Lipinski definition) is 1. The van der Waals surface area contributed by atoms with E-state index in [2.05, 4.69) is 63.8 Å². The van der Waals surface area contributed by atoms with Gasteiger partial charge in [0.05, 0.1) is 5.75 Å². The molecule has 1 N–H and O–H groups in total. The van der Waals surface area contributed by atoms with Gasteiger partial charge in [-0.05, 0) is 23.6 Å². The van der Waals surface area contributed by atoms with Crippen LogP contribution < -0.4 is 5.32 Å². The number of carbonyl (C=O) groups is 1. The van der Waals surface area contributed by atoms with Gasteiger partial charge in [-0.3, -0.25) is 4.79 Å². The molecule has 132 valence electrons. The summed E-state index contributed by atoms with van der Waals surface area (Å²) in [4.78, 5) is 20.3. The molecule has 0 aliphatic heterocycles. The van der Waals surface area contributed by atoms with E-state index < -0.39 is 0 Å². The summed E-state index contributed by atoms with van der Waals surface area (Å²) in [6.07, 6.45) is 4.21. The molecule has 26 heavy (non-hydrogen) atoms. The van der Waals surface area contributed by atoms with Crippen molar-refractivity contribution in [3.05, 3.63) is 90.3 Å². The van der Waals surface area contributed by atoms with Crippen LogP contribution in [0.3, 0.4) is 0 Å². The zero-order valence-electron chi connectivity index (χ0n) is 14.4. The lowest BCUT2D eigenvalue weighted by Crippen LogP contribution is -2.27. The van der Waals surface area contributed by atoms with Gasteiger partial charge in [0.25, 0.3) is 0 Å². The van der Waals surface area contributed by atoms with Crippen LogP contribution in [-0.4, -0.2) is 28.2 Å². The van der Waals surface area contributed by atoms with E-state index in [-0.39, 0.29) is 11.8 Å². The normalized spacial score (nSPS) is 10.7. The minimum absolute atomic E-state index is 0.00215. The standard InChI is InChI=1S/C21H21N3OS/c25-20(16-26-21-23-13-7-14-24-21)22-15-12-19(17-8-3-1-4-9-17)18-10-5-2-6-11-18/h1-11,13-14,19H,12,15-16H2,(H,22,25). The van der Waals surface area contributed by atoms with Gasteiger partial charge in [0, 0.05) is 24.9 Å². The van der Waals surface area contributed by atoms with E-state index >= 15 is 0 Å². The van der Waals surface area contributed by atoms with E-state index in [1.165, 1.54) is 22.9 Å². The predicted octanol–water partition coefficient (Wildman–Crippen LogP) is 3.91. The van der Waals surface area contributed by atoms with Crippen molar-refractivity contribution in [1.82, 2.24) is 15.3 Å². The van der Waals surface area contributed by atoms with Gasteiger partial charge < -0.3 is 5.32 Å². The van der Waals surface area contributed by atoms with Crippen molar-refractivity contribution in [2.75, 3.05) is 12.3 Å². The van der Waals surface area contributed by atoms with Gasteiger partial charge in [0.1, 0.15) is 0 Å². The number of aromatic nitrogens is 2. The molecule has 0 radical (unpaired) electrons. The van der Waals surface area contributed by atoms with Crippen LogP contribution in [0.2, 0.25) is 0 Å². The predicted molar refractivity (Wildman–Crippen MR) is 105 cm³/mol. The molecule has 0 saturated heterocycles. The fourth-order valence-electron chi connectivity index (χ4n) is 2.79. The third kappa shape index (κ3) is 5.43. The first kappa shape index (κ1) is 18.1. The molecule has 3 aromatic rings. The lowest BCUT2D eigenvalue weighted by Gasteiger charge is -2.18. The Labute approximate surface area is 158 Å². The zero-order chi connectivity index (χ0) is 18.0. The van der Waals surface area contributed by atoms with Gasteiger partial charge in [-0.15, -0.1) is 0 Å². The molecule has 0 spiro atoms. The molecule has 0 fully saturated rings. The Kier molecular flexibility index (Phi) is 6.79. The maximum atomic E-state index is 12.1. The summed E-state index contributed by atoms with van der Waals surface area (Å²) in [5.41, 5.74) is 2.53. The summed E-state index contributed by atoms with van der Waals surface area (Å²) in [6.45, 7) is 0.628. The summed E-state index contributed by atoms with van der Waals surface area (Å²) >= 11 is 1.35. The molecule has 1 heterocycles. The van der Waals surface area contributed by atoms with E-state index in [9.17, 15) is 4.79 Å². The van der Waals surface area contributed by atoms with Crippen LogP contribution in [0.5, 0.6) is 0 Å². The second kappa shape index (κ2) is 9.73. The molecule has 0 aliphatic carbocycles. The summed E-state index contributed by atoms with van der Waals surface area (Å²) in [5, 5.41) is 3.63. The fourth-order valence-corrected chi connectivity index (χ4v) is 3.43. The lowest BCUT2D eigenvalue weighted by molar-refractivity contribution is -0.118. The molecule has 0 unspecified atom stereocenters. The van der Waals surface area contributed by atoms with Crippen LogP contribution in [0, 0.1) is 0 Å². The van der Waals surface area contributed by atoms with E-state index in [1.807, 2.05) is 12.1 Å². The number of benzene rings is 2. The zero-order valence-corrected chi connectivity index (χ0v) is 15.2. The Morgan fingerprint density at radius 2 is 1.46 bits per heavy atom. The van der Waals surface area contributed by atoms with Crippen molar-refractivity contribution in [2.24, 2.45) is 0 Å². The number of nitrogens with one attached hydrogen (secondary N) is 1. The van der Waals surface area contributed by atoms with Gasteiger partial charge in [-0.25, -0.2) is 9.97 Å². The van der Waals surface area contributed by atoms with Crippen molar-refractivity contribution in [3.8, 4) is 0 Å². The van der Waals surface area contributed by atoms with Crippen LogP contribution in [0.25, 0.3) is 0 Å². The molecule has 3 rings (SSSR count). The molecular weight excluding hydrogens is 342 g/mol. The highest BCUT2D eigenvalue weighted by Crippen LogP contribution is 2.27. The second-order valence-electron chi connectivity index (χ2n) is 5.83. The van der Waals surface area contributed by atoms with Crippen LogP contribution in [0.1, 0.15) is 23.5 Å². The van der Waals surface area contributed by atoms with Gasteiger partial charge >= 0.3 is 0 Å². The van der Waals surface area contributed by atoms with Crippen molar-refractivity contribution < 1.29 is 4.79 Å². The monoisotopic (exact) mass is 363 g/mol. The quantitative estimate of drug-likeness (QED) is 0.487. The van der Waals surface area contributed by atoms with Crippen molar-refractivity contribution in [3.63, 3.8) is 0 Å². The number of thioether (sulfide) groups is 1. The molecule has 0 aliphatic rings. The van der Waals surface area contributed by atoms with Crippen molar-refractivity contribution in [1.29, 1.82) is 0 Å². The van der Waals surface area contributed by atoms with Gasteiger partial charge in [-0.2, -0.15) is 0 Å². The molecule has 0 bridgehead atoms. The van der Waals surface area contributed by atoms with E-state index in [0.717, 1.165) is 6.42 Å². The Balaban J connectivity index is 1.54. The average molecular weight is 363 g/mol. The summed E-state index contributed by atoms with van der Waals surface area (Å²) in [6, 6.07) is 22.6. The minimum atomic E-state index is 0.00215. The third-order valence-electron chi connectivity index (χ3n) is 4.03. The van der Waals surface area contributed by atoms with E-state index in [4.69, 9.17) is 0 Å². The van der Waals surface area contributed by atoms with Crippen molar-refractivity contribution in [2.45, 2.75) is 17.5 Å². The molecule has 4 nitrogen and oxygen atoms in total. The smallest absolute Gasteiger partial charge is 0.230 e. The second-order valence-corrected chi connectivity index (χ2v) is 6.78.